The van der Waals surface area contributed by atoms with Gasteiger partial charge in [-0.1, -0.05) is 12.1 Å². The fourth-order valence-corrected chi connectivity index (χ4v) is 2.47. The molecule has 0 radical (unpaired) electrons. The highest BCUT2D eigenvalue weighted by Gasteiger charge is 2.05. The molecule has 104 valence electrons. The Morgan fingerprint density at radius 1 is 1.10 bits per heavy atom. The highest BCUT2D eigenvalue weighted by molar-refractivity contribution is 8.00. The molecule has 0 spiro atoms. The van der Waals surface area contributed by atoms with Gasteiger partial charge >= 0.3 is 0 Å². The Bertz CT molecular complexity index is 564. The Hall–Kier alpha value is -1.81. The van der Waals surface area contributed by atoms with Crippen LogP contribution >= 0.6 is 11.8 Å². The van der Waals surface area contributed by atoms with Gasteiger partial charge < -0.3 is 4.74 Å². The lowest BCUT2D eigenvalue weighted by molar-refractivity contribution is -0.116. The van der Waals surface area contributed by atoms with Gasteiger partial charge in [-0.15, -0.1) is 11.8 Å². The van der Waals surface area contributed by atoms with E-state index in [0.29, 0.717) is 12.2 Å². The molecule has 2 aromatic carbocycles. The van der Waals surface area contributed by atoms with Crippen molar-refractivity contribution in [3.63, 3.8) is 0 Å². The number of halogens is 1. The zero-order valence-corrected chi connectivity index (χ0v) is 12.0. The van der Waals surface area contributed by atoms with E-state index in [9.17, 15) is 9.18 Å². The van der Waals surface area contributed by atoms with Crippen LogP contribution in [-0.4, -0.2) is 18.6 Å². The van der Waals surface area contributed by atoms with Crippen LogP contribution in [0.25, 0.3) is 0 Å². The average Bonchev–Trinajstić information content (AvgIpc) is 2.48. The Labute approximate surface area is 122 Å². The first-order valence-corrected chi connectivity index (χ1v) is 7.19. The monoisotopic (exact) mass is 290 g/mol. The molecule has 0 aliphatic carbocycles. The van der Waals surface area contributed by atoms with Crippen LogP contribution < -0.4 is 4.74 Å². The number of hydrogen-bond donors (Lipinski definition) is 0. The molecular formula is C16H15FO2S. The largest absolute Gasteiger partial charge is 0.497 e. The maximum atomic E-state index is 12.8. The van der Waals surface area contributed by atoms with Crippen molar-refractivity contribution in [2.24, 2.45) is 0 Å². The van der Waals surface area contributed by atoms with Crippen LogP contribution in [0.15, 0.2) is 53.4 Å². The quantitative estimate of drug-likeness (QED) is 0.758. The van der Waals surface area contributed by atoms with E-state index in [2.05, 4.69) is 0 Å². The van der Waals surface area contributed by atoms with Gasteiger partial charge in [0.2, 0.25) is 0 Å². The van der Waals surface area contributed by atoms with Crippen molar-refractivity contribution in [3.05, 3.63) is 59.9 Å². The first-order chi connectivity index (χ1) is 9.67. The van der Waals surface area contributed by atoms with Crippen LogP contribution in [0.4, 0.5) is 4.39 Å². The zero-order chi connectivity index (χ0) is 14.4. The number of carbonyl (C=O) groups excluding carboxylic acids is 1. The minimum absolute atomic E-state index is 0.123. The fourth-order valence-electron chi connectivity index (χ4n) is 1.72. The fraction of sp³-hybridized carbons (Fsp3) is 0.188. The molecule has 0 heterocycles. The zero-order valence-electron chi connectivity index (χ0n) is 11.1. The van der Waals surface area contributed by atoms with Crippen LogP contribution in [0, 0.1) is 5.82 Å². The summed E-state index contributed by atoms with van der Waals surface area (Å²) in [7, 11) is 1.62. The number of rotatable bonds is 6. The van der Waals surface area contributed by atoms with Gasteiger partial charge in [-0.05, 0) is 42.0 Å². The first-order valence-electron chi connectivity index (χ1n) is 6.20. The summed E-state index contributed by atoms with van der Waals surface area (Å²) < 4.78 is 17.8. The van der Waals surface area contributed by atoms with Gasteiger partial charge in [-0.25, -0.2) is 4.39 Å². The van der Waals surface area contributed by atoms with E-state index in [4.69, 9.17) is 4.74 Å². The number of hydrogen-bond acceptors (Lipinski definition) is 3. The van der Waals surface area contributed by atoms with E-state index >= 15 is 0 Å². The van der Waals surface area contributed by atoms with Crippen molar-refractivity contribution in [2.75, 3.05) is 12.9 Å². The molecule has 0 bridgehead atoms. The SMILES string of the molecule is COc1ccc(SCC(=O)Cc2ccc(F)cc2)cc1. The molecular weight excluding hydrogens is 275 g/mol. The summed E-state index contributed by atoms with van der Waals surface area (Å²) in [5, 5.41) is 0. The molecule has 0 aromatic heterocycles. The van der Waals surface area contributed by atoms with E-state index in [1.54, 1.807) is 19.2 Å². The molecule has 0 amide bonds. The predicted molar refractivity (Wildman–Crippen MR) is 78.8 cm³/mol. The molecule has 20 heavy (non-hydrogen) atoms. The third-order valence-electron chi connectivity index (χ3n) is 2.77. The van der Waals surface area contributed by atoms with Crippen molar-refractivity contribution in [1.82, 2.24) is 0 Å². The van der Waals surface area contributed by atoms with Crippen LogP contribution in [0.1, 0.15) is 5.56 Å². The third kappa shape index (κ3) is 4.38. The molecule has 2 rings (SSSR count). The van der Waals surface area contributed by atoms with Crippen molar-refractivity contribution in [1.29, 1.82) is 0 Å². The summed E-state index contributed by atoms with van der Waals surface area (Å²) in [5.74, 6) is 1.04. The number of benzene rings is 2. The number of ketones is 1. The highest BCUT2D eigenvalue weighted by atomic mass is 32.2. The van der Waals surface area contributed by atoms with Crippen LogP contribution in [-0.2, 0) is 11.2 Å². The minimum atomic E-state index is -0.284. The highest BCUT2D eigenvalue weighted by Crippen LogP contribution is 2.21. The Balaban J connectivity index is 1.83. The van der Waals surface area contributed by atoms with E-state index < -0.39 is 0 Å². The topological polar surface area (TPSA) is 26.3 Å². The summed E-state index contributed by atoms with van der Waals surface area (Å²) in [6, 6.07) is 13.6. The lowest BCUT2D eigenvalue weighted by atomic mass is 10.1. The number of carbonyl (C=O) groups is 1. The summed E-state index contributed by atoms with van der Waals surface area (Å²) >= 11 is 1.49. The van der Waals surface area contributed by atoms with Gasteiger partial charge in [0, 0.05) is 11.3 Å². The van der Waals surface area contributed by atoms with Crippen molar-refractivity contribution in [3.8, 4) is 5.75 Å². The smallest absolute Gasteiger partial charge is 0.147 e. The van der Waals surface area contributed by atoms with Crippen molar-refractivity contribution in [2.45, 2.75) is 11.3 Å². The molecule has 2 nitrogen and oxygen atoms in total. The standard InChI is InChI=1S/C16H15FO2S/c1-19-15-6-8-16(9-7-15)20-11-14(18)10-12-2-4-13(17)5-3-12/h2-9H,10-11H2,1H3. The van der Waals surface area contributed by atoms with E-state index in [1.165, 1.54) is 23.9 Å². The Morgan fingerprint density at radius 2 is 1.75 bits per heavy atom. The molecule has 0 aliphatic heterocycles. The lowest BCUT2D eigenvalue weighted by Gasteiger charge is -2.04. The second-order valence-corrected chi connectivity index (χ2v) is 5.35. The lowest BCUT2D eigenvalue weighted by Crippen LogP contribution is -2.05. The van der Waals surface area contributed by atoms with E-state index in [1.807, 2.05) is 24.3 Å². The van der Waals surface area contributed by atoms with E-state index in [0.717, 1.165) is 16.2 Å². The summed E-state index contributed by atoms with van der Waals surface area (Å²) in [6.07, 6.45) is 0.337. The molecule has 0 unspecified atom stereocenters. The van der Waals surface area contributed by atoms with Crippen molar-refractivity contribution >= 4 is 17.5 Å². The first kappa shape index (κ1) is 14.6. The summed E-state index contributed by atoms with van der Waals surface area (Å²) in [4.78, 5) is 12.9. The average molecular weight is 290 g/mol. The van der Waals surface area contributed by atoms with Crippen LogP contribution in [0.5, 0.6) is 5.75 Å². The number of thioether (sulfide) groups is 1. The van der Waals surface area contributed by atoms with Gasteiger partial charge in [0.1, 0.15) is 17.3 Å². The molecule has 0 saturated carbocycles. The molecule has 0 N–H and O–H groups in total. The summed E-state index contributed by atoms with van der Waals surface area (Å²) in [6.45, 7) is 0. The molecule has 0 aliphatic rings. The number of ether oxygens (including phenoxy) is 1. The molecule has 0 saturated heterocycles. The van der Waals surface area contributed by atoms with Gasteiger partial charge in [0.25, 0.3) is 0 Å². The predicted octanol–water partition coefficient (Wildman–Crippen LogP) is 3.74. The number of Topliss-reactive ketones (excluding diaryl/α,β-unsaturated/α-hetero) is 1. The number of methoxy groups -OCH3 is 1. The second kappa shape index (κ2) is 7.10. The van der Waals surface area contributed by atoms with Crippen LogP contribution in [0.3, 0.4) is 0 Å². The van der Waals surface area contributed by atoms with Gasteiger partial charge in [0.15, 0.2) is 0 Å². The van der Waals surface area contributed by atoms with Crippen molar-refractivity contribution < 1.29 is 13.9 Å². The van der Waals surface area contributed by atoms with Crippen LogP contribution in [0.2, 0.25) is 0 Å². The Morgan fingerprint density at radius 3 is 2.35 bits per heavy atom. The maximum absolute atomic E-state index is 12.8. The maximum Gasteiger partial charge on any atom is 0.147 e. The Kier molecular flexibility index (Phi) is 5.18. The molecule has 2 aromatic rings. The third-order valence-corrected chi connectivity index (χ3v) is 3.85. The molecule has 0 atom stereocenters. The van der Waals surface area contributed by atoms with Gasteiger partial charge in [-0.2, -0.15) is 0 Å². The van der Waals surface area contributed by atoms with Gasteiger partial charge in [-0.3, -0.25) is 4.79 Å². The molecule has 4 heteroatoms. The normalized spacial score (nSPS) is 10.3. The second-order valence-electron chi connectivity index (χ2n) is 4.31. The molecule has 0 fully saturated rings. The minimum Gasteiger partial charge on any atom is -0.497 e. The summed E-state index contributed by atoms with van der Waals surface area (Å²) in [5.41, 5.74) is 0.840. The van der Waals surface area contributed by atoms with E-state index in [-0.39, 0.29) is 11.6 Å². The van der Waals surface area contributed by atoms with Gasteiger partial charge in [0.05, 0.1) is 12.9 Å².